The summed E-state index contributed by atoms with van der Waals surface area (Å²) in [4.78, 5) is 31.0. The monoisotopic (exact) mass is 164 g/mol. The molecule has 0 amide bonds. The van der Waals surface area contributed by atoms with E-state index in [0.717, 1.165) is 0 Å². The van der Waals surface area contributed by atoms with Crippen LogP contribution in [0, 0.1) is 0 Å². The average molecular weight is 164 g/mol. The number of hydrogen-bond donors (Lipinski definition) is 1. The molecule has 0 spiro atoms. The maximum absolute atomic E-state index is 11.0. The lowest BCUT2D eigenvalue weighted by Gasteiger charge is -1.93. The fraction of sp³-hybridized carbons (Fsp3) is 0. The number of rotatable bonds is 0. The zero-order chi connectivity index (χ0) is 8.55. The minimum absolute atomic E-state index is 0.242. The van der Waals surface area contributed by atoms with Gasteiger partial charge in [-0.15, -0.1) is 0 Å². The van der Waals surface area contributed by atoms with Crippen LogP contribution in [0.1, 0.15) is 0 Å². The van der Waals surface area contributed by atoms with Gasteiger partial charge in [0.05, 0.1) is 6.20 Å². The van der Waals surface area contributed by atoms with Crippen molar-refractivity contribution in [3.63, 3.8) is 0 Å². The summed E-state index contributed by atoms with van der Waals surface area (Å²) < 4.78 is 1.20. The number of nitrogens with one attached hydrogen (secondary N) is 1. The second kappa shape index (κ2) is 2.26. The largest absolute Gasteiger partial charge is 0.351 e. The van der Waals surface area contributed by atoms with E-state index < -0.39 is 11.4 Å². The number of H-pyrrole nitrogens is 1. The number of hydrogen-bond acceptors (Lipinski definition) is 4. The zero-order valence-corrected chi connectivity index (χ0v) is 5.89. The summed E-state index contributed by atoms with van der Waals surface area (Å²) in [6.45, 7) is 0. The van der Waals surface area contributed by atoms with Crippen molar-refractivity contribution in [2.45, 2.75) is 0 Å². The molecule has 2 rings (SSSR count). The first-order chi connectivity index (χ1) is 5.77. The Balaban J connectivity index is 3.09. The highest BCUT2D eigenvalue weighted by molar-refractivity contribution is 5.31. The lowest BCUT2D eigenvalue weighted by Crippen LogP contribution is -2.28. The van der Waals surface area contributed by atoms with E-state index in [0.29, 0.717) is 0 Å². The lowest BCUT2D eigenvalue weighted by molar-refractivity contribution is 0.893. The van der Waals surface area contributed by atoms with Crippen LogP contribution in [0.15, 0.2) is 28.2 Å². The van der Waals surface area contributed by atoms with E-state index in [-0.39, 0.29) is 5.65 Å². The summed E-state index contributed by atoms with van der Waals surface area (Å²) in [6.07, 6.45) is 4.21. The molecule has 2 aromatic rings. The summed E-state index contributed by atoms with van der Waals surface area (Å²) in [5.74, 6) is 0. The minimum Gasteiger partial charge on any atom is -0.259 e. The number of nitrogens with zero attached hydrogens (tertiary/aromatic N) is 3. The molecule has 0 aliphatic rings. The van der Waals surface area contributed by atoms with Crippen LogP contribution in [-0.4, -0.2) is 19.4 Å². The SMILES string of the molecule is O=c1nc2cnccn2c(=O)[nH]1. The van der Waals surface area contributed by atoms with Gasteiger partial charge in [-0.05, 0) is 0 Å². The van der Waals surface area contributed by atoms with Crippen molar-refractivity contribution in [2.75, 3.05) is 0 Å². The van der Waals surface area contributed by atoms with Gasteiger partial charge in [0.25, 0.3) is 0 Å². The van der Waals surface area contributed by atoms with Crippen LogP contribution in [0.4, 0.5) is 0 Å². The van der Waals surface area contributed by atoms with Crippen LogP contribution in [0.25, 0.3) is 5.65 Å². The minimum atomic E-state index is -0.659. The normalized spacial score (nSPS) is 10.3. The van der Waals surface area contributed by atoms with E-state index in [4.69, 9.17) is 0 Å². The Morgan fingerprint density at radius 1 is 1.42 bits per heavy atom. The summed E-state index contributed by atoms with van der Waals surface area (Å²) in [5.41, 5.74) is -0.924. The van der Waals surface area contributed by atoms with Crippen LogP contribution < -0.4 is 11.4 Å². The van der Waals surface area contributed by atoms with Crippen molar-refractivity contribution in [1.29, 1.82) is 0 Å². The molecule has 12 heavy (non-hydrogen) atoms. The molecular formula is C6H4N4O2. The molecule has 0 unspecified atom stereocenters. The molecule has 0 atom stereocenters. The predicted molar refractivity (Wildman–Crippen MR) is 39.9 cm³/mol. The van der Waals surface area contributed by atoms with Gasteiger partial charge >= 0.3 is 11.4 Å². The molecule has 1 N–H and O–H groups in total. The zero-order valence-electron chi connectivity index (χ0n) is 5.89. The highest BCUT2D eigenvalue weighted by Gasteiger charge is 1.96. The second-order valence-corrected chi connectivity index (χ2v) is 2.15. The summed E-state index contributed by atoms with van der Waals surface area (Å²) in [6, 6.07) is 0. The quantitative estimate of drug-likeness (QED) is 0.529. The van der Waals surface area contributed by atoms with E-state index in [2.05, 4.69) is 9.97 Å². The second-order valence-electron chi connectivity index (χ2n) is 2.15. The lowest BCUT2D eigenvalue weighted by atomic mass is 10.7. The molecule has 0 radical (unpaired) electrons. The predicted octanol–water partition coefficient (Wildman–Crippen LogP) is -1.22. The highest BCUT2D eigenvalue weighted by atomic mass is 16.2. The molecule has 0 aromatic carbocycles. The third-order valence-corrected chi connectivity index (χ3v) is 1.39. The van der Waals surface area contributed by atoms with Gasteiger partial charge in [-0.1, -0.05) is 0 Å². The Labute approximate surface area is 65.5 Å². The van der Waals surface area contributed by atoms with Crippen molar-refractivity contribution in [3.05, 3.63) is 39.6 Å². The van der Waals surface area contributed by atoms with Crippen LogP contribution in [0.2, 0.25) is 0 Å². The first-order valence-electron chi connectivity index (χ1n) is 3.20. The van der Waals surface area contributed by atoms with Crippen molar-refractivity contribution in [2.24, 2.45) is 0 Å². The summed E-state index contributed by atoms with van der Waals surface area (Å²) >= 11 is 0. The van der Waals surface area contributed by atoms with Gasteiger partial charge in [0, 0.05) is 12.4 Å². The molecule has 6 heteroatoms. The summed E-state index contributed by atoms with van der Waals surface area (Å²) in [7, 11) is 0. The van der Waals surface area contributed by atoms with Gasteiger partial charge < -0.3 is 0 Å². The third-order valence-electron chi connectivity index (χ3n) is 1.39. The Bertz CT molecular complexity index is 527. The summed E-state index contributed by atoms with van der Waals surface area (Å²) in [5, 5.41) is 0. The highest BCUT2D eigenvalue weighted by Crippen LogP contribution is 1.85. The fourth-order valence-electron chi connectivity index (χ4n) is 0.892. The number of aromatic amines is 1. The van der Waals surface area contributed by atoms with Crippen LogP contribution in [0.3, 0.4) is 0 Å². The van der Waals surface area contributed by atoms with Gasteiger partial charge in [-0.3, -0.25) is 9.97 Å². The van der Waals surface area contributed by atoms with Crippen molar-refractivity contribution < 1.29 is 0 Å². The van der Waals surface area contributed by atoms with Gasteiger partial charge in [-0.25, -0.2) is 14.0 Å². The molecule has 0 fully saturated rings. The van der Waals surface area contributed by atoms with Crippen molar-refractivity contribution in [1.82, 2.24) is 19.4 Å². The van der Waals surface area contributed by atoms with Crippen LogP contribution in [-0.2, 0) is 0 Å². The van der Waals surface area contributed by atoms with E-state index in [9.17, 15) is 9.59 Å². The molecule has 60 valence electrons. The Morgan fingerprint density at radius 2 is 2.25 bits per heavy atom. The van der Waals surface area contributed by atoms with Gasteiger partial charge in [0.15, 0.2) is 5.65 Å². The maximum atomic E-state index is 11.0. The molecule has 0 aliphatic heterocycles. The molecule has 2 aromatic heterocycles. The molecular weight excluding hydrogens is 160 g/mol. The number of fused-ring (bicyclic) bond motifs is 1. The topological polar surface area (TPSA) is 80.1 Å². The molecule has 0 aliphatic carbocycles. The maximum Gasteiger partial charge on any atom is 0.351 e. The number of aromatic nitrogens is 4. The van der Waals surface area contributed by atoms with E-state index in [1.165, 1.54) is 23.0 Å². The standard InChI is InChI=1S/C6H4N4O2/c11-5-8-4-3-7-1-2-10(4)6(12)9-5/h1-3H,(H,9,11,12). The average Bonchev–Trinajstić information content (AvgIpc) is 2.04. The Hall–Kier alpha value is -1.98. The van der Waals surface area contributed by atoms with Crippen molar-refractivity contribution in [3.8, 4) is 0 Å². The Kier molecular flexibility index (Phi) is 1.26. The van der Waals surface area contributed by atoms with Crippen LogP contribution in [0.5, 0.6) is 0 Å². The van der Waals surface area contributed by atoms with Crippen LogP contribution >= 0.6 is 0 Å². The van der Waals surface area contributed by atoms with E-state index in [1.807, 2.05) is 4.98 Å². The molecule has 2 heterocycles. The molecule has 0 bridgehead atoms. The van der Waals surface area contributed by atoms with Gasteiger partial charge in [0.2, 0.25) is 0 Å². The van der Waals surface area contributed by atoms with Gasteiger partial charge in [-0.2, -0.15) is 4.98 Å². The Morgan fingerprint density at radius 3 is 3.08 bits per heavy atom. The fourth-order valence-corrected chi connectivity index (χ4v) is 0.892. The van der Waals surface area contributed by atoms with Gasteiger partial charge in [0.1, 0.15) is 0 Å². The first-order valence-corrected chi connectivity index (χ1v) is 3.20. The van der Waals surface area contributed by atoms with E-state index >= 15 is 0 Å². The van der Waals surface area contributed by atoms with Crippen molar-refractivity contribution >= 4 is 5.65 Å². The molecule has 6 nitrogen and oxygen atoms in total. The molecule has 0 saturated carbocycles. The molecule has 0 saturated heterocycles. The van der Waals surface area contributed by atoms with E-state index in [1.54, 1.807) is 0 Å². The smallest absolute Gasteiger partial charge is 0.259 e. The third kappa shape index (κ3) is 0.895. The first kappa shape index (κ1) is 6.71.